The SMILES string of the molecule is CC(C)NC(=O)c1cnn2c(C(F)(F)F)cc(-c3ccc(C(C)C)cc3)nc12. The van der Waals surface area contributed by atoms with Crippen LogP contribution in [0.2, 0.25) is 0 Å². The van der Waals surface area contributed by atoms with Crippen molar-refractivity contribution in [2.24, 2.45) is 0 Å². The number of carbonyl (C=O) groups excluding carboxylic acids is 1. The van der Waals surface area contributed by atoms with E-state index in [0.29, 0.717) is 16.0 Å². The van der Waals surface area contributed by atoms with Gasteiger partial charge in [0.2, 0.25) is 0 Å². The minimum absolute atomic E-state index is 0.000138. The highest BCUT2D eigenvalue weighted by Gasteiger charge is 2.36. The number of halogens is 3. The first-order chi connectivity index (χ1) is 13.1. The van der Waals surface area contributed by atoms with E-state index in [0.717, 1.165) is 17.8 Å². The first-order valence-electron chi connectivity index (χ1n) is 8.95. The predicted molar refractivity (Wildman–Crippen MR) is 100 cm³/mol. The van der Waals surface area contributed by atoms with Gasteiger partial charge in [-0.15, -0.1) is 0 Å². The third-order valence-corrected chi connectivity index (χ3v) is 4.30. The summed E-state index contributed by atoms with van der Waals surface area (Å²) in [6.45, 7) is 7.60. The average molecular weight is 390 g/mol. The van der Waals surface area contributed by atoms with Gasteiger partial charge < -0.3 is 5.32 Å². The van der Waals surface area contributed by atoms with E-state index in [2.05, 4.69) is 15.4 Å². The van der Waals surface area contributed by atoms with Crippen LogP contribution in [0.4, 0.5) is 13.2 Å². The maximum absolute atomic E-state index is 13.6. The lowest BCUT2D eigenvalue weighted by Gasteiger charge is -2.13. The lowest BCUT2D eigenvalue weighted by Crippen LogP contribution is -2.30. The molecule has 0 saturated carbocycles. The Balaban J connectivity index is 2.19. The number of aromatic nitrogens is 3. The summed E-state index contributed by atoms with van der Waals surface area (Å²) in [7, 11) is 0. The van der Waals surface area contributed by atoms with Gasteiger partial charge in [0.05, 0.1) is 11.9 Å². The summed E-state index contributed by atoms with van der Waals surface area (Å²) >= 11 is 0. The second kappa shape index (κ2) is 7.26. The molecule has 0 aliphatic rings. The molecule has 148 valence electrons. The van der Waals surface area contributed by atoms with Crippen LogP contribution in [0.5, 0.6) is 0 Å². The Morgan fingerprint density at radius 1 is 1.11 bits per heavy atom. The van der Waals surface area contributed by atoms with E-state index < -0.39 is 17.8 Å². The number of carbonyl (C=O) groups is 1. The summed E-state index contributed by atoms with van der Waals surface area (Å²) in [5.74, 6) is -0.214. The van der Waals surface area contributed by atoms with Gasteiger partial charge in [-0.3, -0.25) is 4.79 Å². The van der Waals surface area contributed by atoms with Crippen molar-refractivity contribution in [3.63, 3.8) is 0 Å². The minimum atomic E-state index is -4.65. The fourth-order valence-corrected chi connectivity index (χ4v) is 2.85. The first kappa shape index (κ1) is 19.9. The molecule has 1 aromatic carbocycles. The highest BCUT2D eigenvalue weighted by Crippen LogP contribution is 2.33. The Morgan fingerprint density at radius 3 is 2.29 bits per heavy atom. The van der Waals surface area contributed by atoms with Crippen LogP contribution in [0.3, 0.4) is 0 Å². The molecule has 0 fully saturated rings. The Morgan fingerprint density at radius 2 is 1.75 bits per heavy atom. The molecule has 0 saturated heterocycles. The lowest BCUT2D eigenvalue weighted by atomic mass is 10.0. The second-order valence-electron chi connectivity index (χ2n) is 7.22. The van der Waals surface area contributed by atoms with Gasteiger partial charge in [-0.05, 0) is 31.4 Å². The predicted octanol–water partition coefficient (Wildman–Crippen LogP) is 4.68. The van der Waals surface area contributed by atoms with Gasteiger partial charge in [0.15, 0.2) is 11.3 Å². The van der Waals surface area contributed by atoms with Gasteiger partial charge >= 0.3 is 6.18 Å². The third-order valence-electron chi connectivity index (χ3n) is 4.30. The van der Waals surface area contributed by atoms with Gasteiger partial charge in [-0.25, -0.2) is 9.50 Å². The highest BCUT2D eigenvalue weighted by molar-refractivity contribution is 6.00. The monoisotopic (exact) mass is 390 g/mol. The number of rotatable bonds is 4. The summed E-state index contributed by atoms with van der Waals surface area (Å²) < 4.78 is 41.5. The molecule has 3 rings (SSSR count). The smallest absolute Gasteiger partial charge is 0.350 e. The fraction of sp³-hybridized carbons (Fsp3) is 0.350. The van der Waals surface area contributed by atoms with Crippen LogP contribution in [0.1, 0.15) is 55.2 Å². The van der Waals surface area contributed by atoms with Crippen LogP contribution in [-0.4, -0.2) is 26.5 Å². The molecule has 0 atom stereocenters. The molecular formula is C20H21F3N4O. The molecule has 0 bridgehead atoms. The highest BCUT2D eigenvalue weighted by atomic mass is 19.4. The van der Waals surface area contributed by atoms with Crippen LogP contribution in [0.25, 0.3) is 16.9 Å². The van der Waals surface area contributed by atoms with Crippen molar-refractivity contribution in [3.05, 3.63) is 53.3 Å². The third kappa shape index (κ3) is 3.85. The fourth-order valence-electron chi connectivity index (χ4n) is 2.85. The van der Waals surface area contributed by atoms with Crippen molar-refractivity contribution in [1.29, 1.82) is 0 Å². The normalized spacial score (nSPS) is 12.2. The van der Waals surface area contributed by atoms with Crippen LogP contribution in [0, 0.1) is 0 Å². The molecule has 2 aromatic heterocycles. The number of amides is 1. The molecular weight excluding hydrogens is 369 g/mol. The van der Waals surface area contributed by atoms with Gasteiger partial charge in [0, 0.05) is 11.6 Å². The number of hydrogen-bond acceptors (Lipinski definition) is 3. The topological polar surface area (TPSA) is 59.3 Å². The molecule has 3 aromatic rings. The molecule has 5 nitrogen and oxygen atoms in total. The standard InChI is InChI=1S/C20H21F3N4O/c1-11(2)13-5-7-14(8-6-13)16-9-17(20(21,22)23)27-18(26-16)15(10-24-27)19(28)25-12(3)4/h5-12H,1-4H3,(H,25,28). The van der Waals surface area contributed by atoms with Crippen LogP contribution < -0.4 is 5.32 Å². The molecule has 0 aliphatic heterocycles. The zero-order valence-electron chi connectivity index (χ0n) is 16.0. The molecule has 0 unspecified atom stereocenters. The van der Waals surface area contributed by atoms with Crippen LogP contribution >= 0.6 is 0 Å². The summed E-state index contributed by atoms with van der Waals surface area (Å²) in [5.41, 5.74) is 0.630. The van der Waals surface area contributed by atoms with E-state index in [1.807, 2.05) is 26.0 Å². The Bertz CT molecular complexity index is 1000. The number of alkyl halides is 3. The Labute approximate surface area is 160 Å². The first-order valence-corrected chi connectivity index (χ1v) is 8.95. The Kier molecular flexibility index (Phi) is 5.14. The van der Waals surface area contributed by atoms with Gasteiger partial charge in [-0.1, -0.05) is 38.1 Å². The lowest BCUT2D eigenvalue weighted by molar-refractivity contribution is -0.142. The summed E-state index contributed by atoms with van der Waals surface area (Å²) in [4.78, 5) is 16.7. The molecule has 8 heteroatoms. The van der Waals surface area contributed by atoms with Crippen molar-refractivity contribution in [3.8, 4) is 11.3 Å². The zero-order chi connectivity index (χ0) is 20.6. The quantitative estimate of drug-likeness (QED) is 0.704. The number of hydrogen-bond donors (Lipinski definition) is 1. The van der Waals surface area contributed by atoms with Gasteiger partial charge in [-0.2, -0.15) is 18.3 Å². The maximum atomic E-state index is 13.6. The summed E-state index contributed by atoms with van der Waals surface area (Å²) in [6.07, 6.45) is -3.54. The van der Waals surface area contributed by atoms with Crippen molar-refractivity contribution in [2.45, 2.75) is 45.8 Å². The number of nitrogens with zero attached hydrogens (tertiary/aromatic N) is 3. The minimum Gasteiger partial charge on any atom is -0.350 e. The number of fused-ring (bicyclic) bond motifs is 1. The number of nitrogens with one attached hydrogen (secondary N) is 1. The summed E-state index contributed by atoms with van der Waals surface area (Å²) in [6, 6.07) is 7.98. The molecule has 1 N–H and O–H groups in total. The second-order valence-corrected chi connectivity index (χ2v) is 7.22. The molecule has 0 aliphatic carbocycles. The molecule has 1 amide bonds. The molecule has 28 heavy (non-hydrogen) atoms. The maximum Gasteiger partial charge on any atom is 0.433 e. The van der Waals surface area contributed by atoms with E-state index in [-0.39, 0.29) is 22.9 Å². The van der Waals surface area contributed by atoms with Gasteiger partial charge in [0.1, 0.15) is 5.56 Å². The molecule has 0 spiro atoms. The molecule has 2 heterocycles. The van der Waals surface area contributed by atoms with E-state index >= 15 is 0 Å². The largest absolute Gasteiger partial charge is 0.433 e. The average Bonchev–Trinajstić information content (AvgIpc) is 3.03. The summed E-state index contributed by atoms with van der Waals surface area (Å²) in [5, 5.41) is 6.42. The number of benzene rings is 1. The van der Waals surface area contributed by atoms with Gasteiger partial charge in [0.25, 0.3) is 5.91 Å². The van der Waals surface area contributed by atoms with Crippen LogP contribution in [-0.2, 0) is 6.18 Å². The van der Waals surface area contributed by atoms with Crippen molar-refractivity contribution in [1.82, 2.24) is 19.9 Å². The zero-order valence-corrected chi connectivity index (χ0v) is 16.0. The van der Waals surface area contributed by atoms with Crippen LogP contribution in [0.15, 0.2) is 36.5 Å². The van der Waals surface area contributed by atoms with Crippen molar-refractivity contribution in [2.75, 3.05) is 0 Å². The van der Waals surface area contributed by atoms with Crippen molar-refractivity contribution < 1.29 is 18.0 Å². The van der Waals surface area contributed by atoms with E-state index in [1.165, 1.54) is 0 Å². The Hall–Kier alpha value is -2.90. The molecule has 0 radical (unpaired) electrons. The van der Waals surface area contributed by atoms with E-state index in [1.54, 1.807) is 26.0 Å². The van der Waals surface area contributed by atoms with E-state index in [9.17, 15) is 18.0 Å². The van der Waals surface area contributed by atoms with E-state index in [4.69, 9.17) is 0 Å². The van der Waals surface area contributed by atoms with Crippen molar-refractivity contribution >= 4 is 11.6 Å².